The van der Waals surface area contributed by atoms with Crippen molar-refractivity contribution in [2.24, 2.45) is 0 Å². The van der Waals surface area contributed by atoms with Crippen LogP contribution in [0.25, 0.3) is 11.2 Å². The topological polar surface area (TPSA) is 74.4 Å². The molecule has 5 nitrogen and oxygen atoms in total. The molecule has 2 rings (SSSR count). The normalized spacial score (nSPS) is 10.6. The zero-order chi connectivity index (χ0) is 7.84. The molecule has 0 atom stereocenters. The van der Waals surface area contributed by atoms with Gasteiger partial charge in [0.15, 0.2) is 11.2 Å². The molecule has 0 saturated carbocycles. The number of nitrogens with zero attached hydrogens (tertiary/aromatic N) is 2. The van der Waals surface area contributed by atoms with Crippen LogP contribution in [0.3, 0.4) is 0 Å². The van der Waals surface area contributed by atoms with Crippen LogP contribution in [-0.2, 0) is 0 Å². The highest BCUT2D eigenvalue weighted by molar-refractivity contribution is 9.10. The van der Waals surface area contributed by atoms with Gasteiger partial charge in [0, 0.05) is 0 Å². The zero-order valence-corrected chi connectivity index (χ0v) is 6.84. The summed E-state index contributed by atoms with van der Waals surface area (Å²) in [6, 6.07) is 0. The second kappa shape index (κ2) is 2.16. The van der Waals surface area contributed by atoms with Crippen LogP contribution in [0.1, 0.15) is 0 Å². The van der Waals surface area contributed by atoms with Gasteiger partial charge in [-0.2, -0.15) is 0 Å². The number of H-pyrrole nitrogens is 2. The number of aromatic amines is 2. The number of fused-ring (bicyclic) bond motifs is 1. The Hall–Kier alpha value is -1.17. The molecular formula is C5H3BrN4O. The quantitative estimate of drug-likeness (QED) is 0.668. The van der Waals surface area contributed by atoms with Gasteiger partial charge in [0.2, 0.25) is 0 Å². The highest BCUT2D eigenvalue weighted by Gasteiger charge is 2.02. The Morgan fingerprint density at radius 2 is 2.27 bits per heavy atom. The zero-order valence-electron chi connectivity index (χ0n) is 5.26. The molecule has 0 bridgehead atoms. The van der Waals surface area contributed by atoms with Gasteiger partial charge in [-0.25, -0.2) is 9.97 Å². The minimum absolute atomic E-state index is 0.256. The van der Waals surface area contributed by atoms with Crippen LogP contribution < -0.4 is 5.56 Å². The van der Waals surface area contributed by atoms with Crippen molar-refractivity contribution in [1.29, 1.82) is 0 Å². The summed E-state index contributed by atoms with van der Waals surface area (Å²) in [5, 5.41) is 4.96. The first-order valence-electron chi connectivity index (χ1n) is 2.86. The van der Waals surface area contributed by atoms with Gasteiger partial charge >= 0.3 is 0 Å². The lowest BCUT2D eigenvalue weighted by atomic mass is 10.5. The molecule has 2 N–H and O–H groups in total. The van der Waals surface area contributed by atoms with E-state index in [9.17, 15) is 4.79 Å². The van der Waals surface area contributed by atoms with Gasteiger partial charge in [-0.15, -0.1) is 0 Å². The van der Waals surface area contributed by atoms with Crippen LogP contribution in [0.4, 0.5) is 0 Å². The maximum atomic E-state index is 10.9. The molecule has 11 heavy (non-hydrogen) atoms. The van der Waals surface area contributed by atoms with E-state index in [4.69, 9.17) is 0 Å². The van der Waals surface area contributed by atoms with E-state index in [0.717, 1.165) is 0 Å². The van der Waals surface area contributed by atoms with Crippen molar-refractivity contribution in [3.8, 4) is 0 Å². The fourth-order valence-electron chi connectivity index (χ4n) is 0.793. The number of aromatic nitrogens is 4. The molecule has 2 aromatic heterocycles. The molecule has 0 spiro atoms. The van der Waals surface area contributed by atoms with Crippen LogP contribution in [0, 0.1) is 0 Å². The number of hydrogen-bond acceptors (Lipinski definition) is 3. The van der Waals surface area contributed by atoms with Gasteiger partial charge in [0.05, 0.1) is 6.20 Å². The second-order valence-electron chi connectivity index (χ2n) is 1.97. The van der Waals surface area contributed by atoms with Crippen molar-refractivity contribution in [3.05, 3.63) is 21.2 Å². The van der Waals surface area contributed by atoms with Gasteiger partial charge in [0.1, 0.15) is 4.60 Å². The SMILES string of the molecule is O=c1[nH][nH]c2ncc(Br)nc12. The molecule has 0 aliphatic heterocycles. The van der Waals surface area contributed by atoms with Gasteiger partial charge in [0.25, 0.3) is 5.56 Å². The molecule has 0 aliphatic rings. The molecule has 0 amide bonds. The average molecular weight is 215 g/mol. The second-order valence-corrected chi connectivity index (χ2v) is 2.78. The summed E-state index contributed by atoms with van der Waals surface area (Å²) >= 11 is 3.11. The van der Waals surface area contributed by atoms with Crippen molar-refractivity contribution in [1.82, 2.24) is 20.2 Å². The monoisotopic (exact) mass is 214 g/mol. The Bertz CT molecular complexity index is 445. The fourth-order valence-corrected chi connectivity index (χ4v) is 1.07. The highest BCUT2D eigenvalue weighted by Crippen LogP contribution is 2.05. The third-order valence-electron chi connectivity index (χ3n) is 1.25. The van der Waals surface area contributed by atoms with Crippen molar-refractivity contribution < 1.29 is 0 Å². The van der Waals surface area contributed by atoms with E-state index < -0.39 is 0 Å². The van der Waals surface area contributed by atoms with Crippen LogP contribution in [0.15, 0.2) is 15.6 Å². The van der Waals surface area contributed by atoms with Crippen LogP contribution in [-0.4, -0.2) is 20.2 Å². The van der Waals surface area contributed by atoms with Crippen molar-refractivity contribution in [3.63, 3.8) is 0 Å². The van der Waals surface area contributed by atoms with E-state index in [1.54, 1.807) is 0 Å². The lowest BCUT2D eigenvalue weighted by Crippen LogP contribution is -1.99. The highest BCUT2D eigenvalue weighted by atomic mass is 79.9. The molecule has 0 saturated heterocycles. The van der Waals surface area contributed by atoms with Gasteiger partial charge in [-0.1, -0.05) is 0 Å². The predicted molar refractivity (Wildman–Crippen MR) is 42.2 cm³/mol. The number of rotatable bonds is 0. The fraction of sp³-hybridized carbons (Fsp3) is 0. The van der Waals surface area contributed by atoms with Crippen molar-refractivity contribution >= 4 is 27.1 Å². The summed E-state index contributed by atoms with van der Waals surface area (Å²) < 4.78 is 0.551. The smallest absolute Gasteiger partial charge is 0.280 e. The molecule has 6 heteroatoms. The molecule has 0 unspecified atom stereocenters. The lowest BCUT2D eigenvalue weighted by molar-refractivity contribution is 1.06. The maximum Gasteiger partial charge on any atom is 0.292 e. The number of nitrogens with one attached hydrogen (secondary N) is 2. The summed E-state index contributed by atoms with van der Waals surface area (Å²) in [4.78, 5) is 18.7. The van der Waals surface area contributed by atoms with E-state index >= 15 is 0 Å². The summed E-state index contributed by atoms with van der Waals surface area (Å²) in [6.45, 7) is 0. The average Bonchev–Trinajstić information content (AvgIpc) is 2.33. The van der Waals surface area contributed by atoms with Crippen LogP contribution >= 0.6 is 15.9 Å². The largest absolute Gasteiger partial charge is 0.292 e. The Morgan fingerprint density at radius 3 is 3.09 bits per heavy atom. The van der Waals surface area contributed by atoms with Crippen molar-refractivity contribution in [2.45, 2.75) is 0 Å². The third kappa shape index (κ3) is 0.949. The Morgan fingerprint density at radius 1 is 1.45 bits per heavy atom. The number of hydrogen-bond donors (Lipinski definition) is 2. The molecular weight excluding hydrogens is 212 g/mol. The number of halogens is 1. The first kappa shape index (κ1) is 6.53. The van der Waals surface area contributed by atoms with E-state index in [1.165, 1.54) is 6.20 Å². The molecule has 2 heterocycles. The van der Waals surface area contributed by atoms with E-state index in [0.29, 0.717) is 15.8 Å². The summed E-state index contributed by atoms with van der Waals surface area (Å²) in [5.74, 6) is 0. The van der Waals surface area contributed by atoms with E-state index in [2.05, 4.69) is 36.1 Å². The molecule has 2 aromatic rings. The minimum Gasteiger partial charge on any atom is -0.280 e. The molecule has 56 valence electrons. The van der Waals surface area contributed by atoms with E-state index in [-0.39, 0.29) is 5.56 Å². The third-order valence-corrected chi connectivity index (χ3v) is 1.63. The minimum atomic E-state index is -0.256. The molecule has 0 fully saturated rings. The van der Waals surface area contributed by atoms with Crippen LogP contribution in [0.5, 0.6) is 0 Å². The Kier molecular flexibility index (Phi) is 1.28. The van der Waals surface area contributed by atoms with Crippen molar-refractivity contribution in [2.75, 3.05) is 0 Å². The van der Waals surface area contributed by atoms with Gasteiger partial charge in [-0.05, 0) is 15.9 Å². The Balaban J connectivity index is 2.99. The standard InChI is InChI=1S/C5H3BrN4O/c6-2-1-7-4-3(8-2)5(11)10-9-4/h1H,(H2,7,9,10,11). The summed E-state index contributed by atoms with van der Waals surface area (Å²) in [7, 11) is 0. The first-order valence-corrected chi connectivity index (χ1v) is 3.65. The first-order chi connectivity index (χ1) is 5.27. The molecule has 0 aliphatic carbocycles. The molecule has 0 radical (unpaired) electrons. The van der Waals surface area contributed by atoms with Crippen LogP contribution in [0.2, 0.25) is 0 Å². The molecule has 0 aromatic carbocycles. The lowest BCUT2D eigenvalue weighted by Gasteiger charge is -1.85. The van der Waals surface area contributed by atoms with E-state index in [1.807, 2.05) is 0 Å². The summed E-state index contributed by atoms with van der Waals surface area (Å²) in [5.41, 5.74) is 0.534. The van der Waals surface area contributed by atoms with Gasteiger partial charge < -0.3 is 0 Å². The summed E-state index contributed by atoms with van der Waals surface area (Å²) in [6.07, 6.45) is 1.52. The predicted octanol–water partition coefficient (Wildman–Crippen LogP) is 0.409. The van der Waals surface area contributed by atoms with Gasteiger partial charge in [-0.3, -0.25) is 15.0 Å². The Labute approximate surface area is 69.0 Å². The maximum absolute atomic E-state index is 10.9.